The number of amides is 1. The van der Waals surface area contributed by atoms with Crippen LogP contribution in [0.3, 0.4) is 0 Å². The Hall–Kier alpha value is -3.15. The zero-order valence-electron chi connectivity index (χ0n) is 16.0. The third-order valence-corrected chi connectivity index (χ3v) is 5.22. The first-order valence-corrected chi connectivity index (χ1v) is 9.45. The van der Waals surface area contributed by atoms with E-state index in [0.717, 1.165) is 11.3 Å². The summed E-state index contributed by atoms with van der Waals surface area (Å²) >= 11 is 0. The second kappa shape index (κ2) is 7.84. The summed E-state index contributed by atoms with van der Waals surface area (Å²) in [6.45, 7) is 3.45. The van der Waals surface area contributed by atoms with Gasteiger partial charge in [-0.15, -0.1) is 0 Å². The van der Waals surface area contributed by atoms with Crippen molar-refractivity contribution in [3.8, 4) is 17.1 Å². The molecule has 1 aliphatic heterocycles. The number of carbonyl (C=O) groups is 1. The molecule has 1 aromatic heterocycles. The summed E-state index contributed by atoms with van der Waals surface area (Å²) in [6, 6.07) is 17.8. The van der Waals surface area contributed by atoms with E-state index in [9.17, 15) is 4.79 Å². The van der Waals surface area contributed by atoms with E-state index >= 15 is 0 Å². The van der Waals surface area contributed by atoms with Crippen LogP contribution in [0.5, 0.6) is 5.75 Å². The standard InChI is InChI=1S/C22H23N3O3/c1-15(16-6-4-3-5-7-16)13-25-14-18(12-20(25)26)22-23-21(24-28-22)17-8-10-19(27-2)11-9-17/h3-11,15,18H,12-14H2,1-2H3. The quantitative estimate of drug-likeness (QED) is 0.652. The maximum Gasteiger partial charge on any atom is 0.232 e. The maximum atomic E-state index is 12.5. The highest BCUT2D eigenvalue weighted by atomic mass is 16.5. The van der Waals surface area contributed by atoms with Crippen molar-refractivity contribution in [3.05, 3.63) is 66.1 Å². The van der Waals surface area contributed by atoms with Crippen molar-refractivity contribution < 1.29 is 14.1 Å². The van der Waals surface area contributed by atoms with E-state index in [1.807, 2.05) is 47.4 Å². The smallest absolute Gasteiger partial charge is 0.232 e. The molecule has 2 heterocycles. The van der Waals surface area contributed by atoms with Crippen LogP contribution < -0.4 is 4.74 Å². The lowest BCUT2D eigenvalue weighted by atomic mass is 10.0. The molecule has 2 aromatic carbocycles. The molecule has 0 spiro atoms. The molecule has 6 heteroatoms. The predicted octanol–water partition coefficient (Wildman–Crippen LogP) is 3.86. The van der Waals surface area contributed by atoms with Gasteiger partial charge in [-0.3, -0.25) is 4.79 Å². The minimum absolute atomic E-state index is 0.0602. The summed E-state index contributed by atoms with van der Waals surface area (Å²) < 4.78 is 10.6. The molecule has 0 aliphatic carbocycles. The zero-order valence-corrected chi connectivity index (χ0v) is 16.0. The number of aromatic nitrogens is 2. The summed E-state index contributed by atoms with van der Waals surface area (Å²) in [6.07, 6.45) is 0.408. The van der Waals surface area contributed by atoms with Crippen molar-refractivity contribution >= 4 is 5.91 Å². The molecule has 2 atom stereocenters. The van der Waals surface area contributed by atoms with Crippen LogP contribution in [-0.4, -0.2) is 41.1 Å². The fraction of sp³-hybridized carbons (Fsp3) is 0.318. The first-order chi connectivity index (χ1) is 13.6. The van der Waals surface area contributed by atoms with E-state index in [2.05, 4.69) is 29.2 Å². The summed E-state index contributed by atoms with van der Waals surface area (Å²) in [5.74, 6) is 2.18. The van der Waals surface area contributed by atoms with Gasteiger partial charge in [0, 0.05) is 25.1 Å². The van der Waals surface area contributed by atoms with Gasteiger partial charge in [-0.1, -0.05) is 42.4 Å². The zero-order chi connectivity index (χ0) is 19.5. The second-order valence-electron chi connectivity index (χ2n) is 7.20. The molecule has 28 heavy (non-hydrogen) atoms. The number of hydrogen-bond acceptors (Lipinski definition) is 5. The number of methoxy groups -OCH3 is 1. The lowest BCUT2D eigenvalue weighted by Crippen LogP contribution is -2.29. The third kappa shape index (κ3) is 3.76. The van der Waals surface area contributed by atoms with Gasteiger partial charge in [-0.2, -0.15) is 4.98 Å². The Kier molecular flexibility index (Phi) is 5.10. The van der Waals surface area contributed by atoms with Gasteiger partial charge in [0.2, 0.25) is 17.6 Å². The molecule has 0 radical (unpaired) electrons. The van der Waals surface area contributed by atoms with Gasteiger partial charge in [0.05, 0.1) is 13.0 Å². The van der Waals surface area contributed by atoms with Crippen LogP contribution in [0.4, 0.5) is 0 Å². The van der Waals surface area contributed by atoms with E-state index in [0.29, 0.717) is 31.2 Å². The molecule has 1 saturated heterocycles. The second-order valence-corrected chi connectivity index (χ2v) is 7.20. The Morgan fingerprint density at radius 3 is 2.64 bits per heavy atom. The predicted molar refractivity (Wildman–Crippen MR) is 105 cm³/mol. The summed E-state index contributed by atoms with van der Waals surface area (Å²) in [4.78, 5) is 18.9. The molecular weight excluding hydrogens is 354 g/mol. The first-order valence-electron chi connectivity index (χ1n) is 9.45. The molecule has 1 amide bonds. The number of rotatable bonds is 6. The average Bonchev–Trinajstić information content (AvgIpc) is 3.36. The largest absolute Gasteiger partial charge is 0.497 e. The van der Waals surface area contributed by atoms with Crippen molar-refractivity contribution in [1.29, 1.82) is 0 Å². The molecule has 2 unspecified atom stereocenters. The molecular formula is C22H23N3O3. The average molecular weight is 377 g/mol. The van der Waals surface area contributed by atoms with Crippen LogP contribution in [0.15, 0.2) is 59.1 Å². The molecule has 0 N–H and O–H groups in total. The van der Waals surface area contributed by atoms with Gasteiger partial charge in [0.25, 0.3) is 0 Å². The van der Waals surface area contributed by atoms with E-state index in [4.69, 9.17) is 9.26 Å². The summed E-state index contributed by atoms with van der Waals surface area (Å²) in [5.41, 5.74) is 2.09. The molecule has 6 nitrogen and oxygen atoms in total. The van der Waals surface area contributed by atoms with Gasteiger partial charge < -0.3 is 14.2 Å². The normalized spacial score (nSPS) is 17.7. The first kappa shape index (κ1) is 18.2. The van der Waals surface area contributed by atoms with E-state index < -0.39 is 0 Å². The van der Waals surface area contributed by atoms with Crippen molar-refractivity contribution in [2.75, 3.05) is 20.2 Å². The van der Waals surface area contributed by atoms with Gasteiger partial charge in [-0.05, 0) is 35.7 Å². The molecule has 144 valence electrons. The number of likely N-dealkylation sites (tertiary alicyclic amines) is 1. The van der Waals surface area contributed by atoms with Crippen molar-refractivity contribution in [2.45, 2.75) is 25.2 Å². The summed E-state index contributed by atoms with van der Waals surface area (Å²) in [7, 11) is 1.63. The lowest BCUT2D eigenvalue weighted by Gasteiger charge is -2.21. The Balaban J connectivity index is 1.43. The maximum absolute atomic E-state index is 12.5. The molecule has 0 bridgehead atoms. The fourth-order valence-corrected chi connectivity index (χ4v) is 3.59. The molecule has 0 saturated carbocycles. The highest BCUT2D eigenvalue weighted by Crippen LogP contribution is 2.30. The van der Waals surface area contributed by atoms with Crippen LogP contribution in [-0.2, 0) is 4.79 Å². The van der Waals surface area contributed by atoms with Crippen molar-refractivity contribution in [3.63, 3.8) is 0 Å². The van der Waals surface area contributed by atoms with Crippen LogP contribution in [0.1, 0.15) is 36.6 Å². The number of ether oxygens (including phenoxy) is 1. The Morgan fingerprint density at radius 1 is 1.18 bits per heavy atom. The molecule has 1 aliphatic rings. The van der Waals surface area contributed by atoms with Crippen molar-refractivity contribution in [2.24, 2.45) is 0 Å². The number of hydrogen-bond donors (Lipinski definition) is 0. The SMILES string of the molecule is COc1ccc(-c2noc(C3CC(=O)N(CC(C)c4ccccc4)C3)n2)cc1. The summed E-state index contributed by atoms with van der Waals surface area (Å²) in [5, 5.41) is 4.09. The van der Waals surface area contributed by atoms with Gasteiger partial charge in [0.15, 0.2) is 0 Å². The van der Waals surface area contributed by atoms with Crippen molar-refractivity contribution in [1.82, 2.24) is 15.0 Å². The highest BCUT2D eigenvalue weighted by molar-refractivity contribution is 5.79. The number of carbonyl (C=O) groups excluding carboxylic acids is 1. The minimum Gasteiger partial charge on any atom is -0.497 e. The Morgan fingerprint density at radius 2 is 1.93 bits per heavy atom. The van der Waals surface area contributed by atoms with Crippen LogP contribution >= 0.6 is 0 Å². The van der Waals surface area contributed by atoms with Gasteiger partial charge in [-0.25, -0.2) is 0 Å². The van der Waals surface area contributed by atoms with E-state index in [1.54, 1.807) is 7.11 Å². The van der Waals surface area contributed by atoms with Crippen LogP contribution in [0.25, 0.3) is 11.4 Å². The van der Waals surface area contributed by atoms with E-state index in [-0.39, 0.29) is 17.7 Å². The van der Waals surface area contributed by atoms with Gasteiger partial charge >= 0.3 is 0 Å². The highest BCUT2D eigenvalue weighted by Gasteiger charge is 2.35. The molecule has 4 rings (SSSR count). The topological polar surface area (TPSA) is 68.5 Å². The Bertz CT molecular complexity index is 937. The molecule has 1 fully saturated rings. The monoisotopic (exact) mass is 377 g/mol. The number of nitrogens with zero attached hydrogens (tertiary/aromatic N) is 3. The number of benzene rings is 2. The minimum atomic E-state index is -0.0602. The Labute approximate surface area is 164 Å². The fourth-order valence-electron chi connectivity index (χ4n) is 3.59. The third-order valence-electron chi connectivity index (χ3n) is 5.22. The lowest BCUT2D eigenvalue weighted by molar-refractivity contribution is -0.127. The van der Waals surface area contributed by atoms with E-state index in [1.165, 1.54) is 5.56 Å². The molecule has 3 aromatic rings. The van der Waals surface area contributed by atoms with Gasteiger partial charge in [0.1, 0.15) is 5.75 Å². The van der Waals surface area contributed by atoms with Crippen LogP contribution in [0, 0.1) is 0 Å². The van der Waals surface area contributed by atoms with Crippen LogP contribution in [0.2, 0.25) is 0 Å².